The fourth-order valence-corrected chi connectivity index (χ4v) is 3.71. The predicted octanol–water partition coefficient (Wildman–Crippen LogP) is 4.47. The van der Waals surface area contributed by atoms with Crippen LogP contribution in [0.4, 0.5) is 0 Å². The van der Waals surface area contributed by atoms with E-state index in [1.54, 1.807) is 0 Å². The topological polar surface area (TPSA) is 32.3 Å². The van der Waals surface area contributed by atoms with Gasteiger partial charge < -0.3 is 5.32 Å². The molecule has 0 saturated carbocycles. The van der Waals surface area contributed by atoms with E-state index in [2.05, 4.69) is 35.3 Å². The van der Waals surface area contributed by atoms with Crippen molar-refractivity contribution in [2.45, 2.75) is 32.2 Å². The number of rotatable bonds is 6. The molecule has 26 heavy (non-hydrogen) atoms. The summed E-state index contributed by atoms with van der Waals surface area (Å²) in [6, 6.07) is 18.3. The average molecular weight is 371 g/mol. The van der Waals surface area contributed by atoms with E-state index in [0.29, 0.717) is 12.5 Å². The zero-order chi connectivity index (χ0) is 18.4. The molecule has 3 rings (SSSR count). The second-order valence-electron chi connectivity index (χ2n) is 7.20. The van der Waals surface area contributed by atoms with Gasteiger partial charge in [0.1, 0.15) is 0 Å². The highest BCUT2D eigenvalue weighted by atomic mass is 35.5. The Morgan fingerprint density at radius 3 is 2.46 bits per heavy atom. The summed E-state index contributed by atoms with van der Waals surface area (Å²) >= 11 is 6.25. The normalized spacial score (nSPS) is 17.0. The molecule has 138 valence electrons. The standard InChI is InChI=1S/C22H27ClN2O/c1-17(18-7-3-2-4-8-18)15-24-22(26)19-11-13-25(14-12-19)16-20-9-5-6-10-21(20)23/h2-10,17,19H,11-16H2,1H3,(H,24,26)/t17-/m0/s1. The molecule has 2 aromatic carbocycles. The number of nitrogens with one attached hydrogen (secondary N) is 1. The van der Waals surface area contributed by atoms with Crippen molar-refractivity contribution >= 4 is 17.5 Å². The summed E-state index contributed by atoms with van der Waals surface area (Å²) in [5.41, 5.74) is 2.43. The smallest absolute Gasteiger partial charge is 0.223 e. The molecule has 1 aliphatic rings. The van der Waals surface area contributed by atoms with Gasteiger partial charge in [-0.2, -0.15) is 0 Å². The number of nitrogens with zero attached hydrogens (tertiary/aromatic N) is 1. The summed E-state index contributed by atoms with van der Waals surface area (Å²) in [7, 11) is 0. The third-order valence-corrected chi connectivity index (χ3v) is 5.63. The van der Waals surface area contributed by atoms with E-state index < -0.39 is 0 Å². The molecular weight excluding hydrogens is 344 g/mol. The van der Waals surface area contributed by atoms with Crippen LogP contribution in [0, 0.1) is 5.92 Å². The van der Waals surface area contributed by atoms with E-state index in [9.17, 15) is 4.79 Å². The van der Waals surface area contributed by atoms with Crippen LogP contribution in [0.5, 0.6) is 0 Å². The molecule has 4 heteroatoms. The van der Waals surface area contributed by atoms with Crippen LogP contribution < -0.4 is 5.32 Å². The van der Waals surface area contributed by atoms with E-state index in [0.717, 1.165) is 43.1 Å². The number of carbonyl (C=O) groups excluding carboxylic acids is 1. The predicted molar refractivity (Wildman–Crippen MR) is 107 cm³/mol. The van der Waals surface area contributed by atoms with Gasteiger partial charge in [0.2, 0.25) is 5.91 Å². The molecule has 1 N–H and O–H groups in total. The van der Waals surface area contributed by atoms with E-state index in [4.69, 9.17) is 11.6 Å². The molecule has 0 unspecified atom stereocenters. The van der Waals surface area contributed by atoms with Gasteiger partial charge in [-0.1, -0.05) is 67.1 Å². The summed E-state index contributed by atoms with van der Waals surface area (Å²) < 4.78 is 0. The highest BCUT2D eigenvalue weighted by Crippen LogP contribution is 2.22. The van der Waals surface area contributed by atoms with Gasteiger partial charge in [0.15, 0.2) is 0 Å². The summed E-state index contributed by atoms with van der Waals surface area (Å²) in [6.07, 6.45) is 1.83. The zero-order valence-electron chi connectivity index (χ0n) is 15.3. The lowest BCUT2D eigenvalue weighted by atomic mass is 9.95. The van der Waals surface area contributed by atoms with E-state index in [1.165, 1.54) is 5.56 Å². The van der Waals surface area contributed by atoms with E-state index in [1.807, 2.05) is 36.4 Å². The number of benzene rings is 2. The Hall–Kier alpha value is -1.84. The van der Waals surface area contributed by atoms with Crippen LogP contribution >= 0.6 is 11.6 Å². The summed E-state index contributed by atoms with van der Waals surface area (Å²) in [4.78, 5) is 14.9. The van der Waals surface area contributed by atoms with Gasteiger partial charge in [-0.15, -0.1) is 0 Å². The zero-order valence-corrected chi connectivity index (χ0v) is 16.1. The molecule has 1 fully saturated rings. The number of piperidine rings is 1. The molecule has 1 amide bonds. The monoisotopic (exact) mass is 370 g/mol. The van der Waals surface area contributed by atoms with Crippen LogP contribution in [0.25, 0.3) is 0 Å². The maximum atomic E-state index is 12.5. The van der Waals surface area contributed by atoms with Crippen LogP contribution in [0.1, 0.15) is 36.8 Å². The molecule has 1 saturated heterocycles. The Morgan fingerprint density at radius 1 is 1.12 bits per heavy atom. The molecule has 1 atom stereocenters. The van der Waals surface area contributed by atoms with Crippen molar-refractivity contribution in [3.63, 3.8) is 0 Å². The highest BCUT2D eigenvalue weighted by molar-refractivity contribution is 6.31. The molecule has 0 spiro atoms. The number of halogens is 1. The number of amides is 1. The molecule has 1 aliphatic heterocycles. The first-order chi connectivity index (χ1) is 12.6. The average Bonchev–Trinajstić information content (AvgIpc) is 2.69. The quantitative estimate of drug-likeness (QED) is 0.813. The first-order valence-corrected chi connectivity index (χ1v) is 9.79. The Bertz CT molecular complexity index is 711. The van der Waals surface area contributed by atoms with E-state index in [-0.39, 0.29) is 11.8 Å². The van der Waals surface area contributed by atoms with Gasteiger partial charge in [0.05, 0.1) is 0 Å². The molecule has 3 nitrogen and oxygen atoms in total. The summed E-state index contributed by atoms with van der Waals surface area (Å²) in [5, 5.41) is 3.97. The van der Waals surface area contributed by atoms with Crippen molar-refractivity contribution in [3.8, 4) is 0 Å². The third kappa shape index (κ3) is 5.09. The van der Waals surface area contributed by atoms with Crippen LogP contribution in [0.3, 0.4) is 0 Å². The van der Waals surface area contributed by atoms with Gasteiger partial charge in [0, 0.05) is 24.0 Å². The fraction of sp³-hybridized carbons (Fsp3) is 0.409. The maximum Gasteiger partial charge on any atom is 0.223 e. The lowest BCUT2D eigenvalue weighted by molar-refractivity contribution is -0.126. The minimum absolute atomic E-state index is 0.125. The largest absolute Gasteiger partial charge is 0.355 e. The van der Waals surface area contributed by atoms with Gasteiger partial charge in [-0.25, -0.2) is 0 Å². The molecule has 0 radical (unpaired) electrons. The highest BCUT2D eigenvalue weighted by Gasteiger charge is 2.25. The first-order valence-electron chi connectivity index (χ1n) is 9.42. The molecule has 0 aromatic heterocycles. The third-order valence-electron chi connectivity index (χ3n) is 5.26. The summed E-state index contributed by atoms with van der Waals surface area (Å²) in [5.74, 6) is 0.658. The minimum Gasteiger partial charge on any atom is -0.355 e. The summed E-state index contributed by atoms with van der Waals surface area (Å²) in [6.45, 7) is 5.60. The van der Waals surface area contributed by atoms with Gasteiger partial charge in [-0.3, -0.25) is 9.69 Å². The number of carbonyl (C=O) groups is 1. The Morgan fingerprint density at radius 2 is 1.77 bits per heavy atom. The second kappa shape index (κ2) is 9.20. The lowest BCUT2D eigenvalue weighted by Crippen LogP contribution is -2.41. The number of likely N-dealkylation sites (tertiary alicyclic amines) is 1. The van der Waals surface area contributed by atoms with Crippen LogP contribution in [-0.4, -0.2) is 30.4 Å². The lowest BCUT2D eigenvalue weighted by Gasteiger charge is -2.31. The van der Waals surface area contributed by atoms with Crippen molar-refractivity contribution in [2.75, 3.05) is 19.6 Å². The SMILES string of the molecule is C[C@@H](CNC(=O)C1CCN(Cc2ccccc2Cl)CC1)c1ccccc1. The number of hydrogen-bond donors (Lipinski definition) is 1. The van der Waals surface area contributed by atoms with Crippen LogP contribution in [0.15, 0.2) is 54.6 Å². The molecule has 2 aromatic rings. The maximum absolute atomic E-state index is 12.5. The Labute approximate surface area is 161 Å². The molecule has 0 aliphatic carbocycles. The van der Waals surface area contributed by atoms with Gasteiger partial charge >= 0.3 is 0 Å². The number of hydrogen-bond acceptors (Lipinski definition) is 2. The fourth-order valence-electron chi connectivity index (χ4n) is 3.52. The van der Waals surface area contributed by atoms with Crippen molar-refractivity contribution < 1.29 is 4.79 Å². The molecular formula is C22H27ClN2O. The van der Waals surface area contributed by atoms with Crippen LogP contribution in [0.2, 0.25) is 5.02 Å². The van der Waals surface area contributed by atoms with Crippen molar-refractivity contribution in [1.29, 1.82) is 0 Å². The van der Waals surface area contributed by atoms with Crippen molar-refractivity contribution in [2.24, 2.45) is 5.92 Å². The Balaban J connectivity index is 1.43. The van der Waals surface area contributed by atoms with Crippen molar-refractivity contribution in [3.05, 3.63) is 70.7 Å². The van der Waals surface area contributed by atoms with Gasteiger partial charge in [0.25, 0.3) is 0 Å². The van der Waals surface area contributed by atoms with E-state index >= 15 is 0 Å². The first kappa shape index (κ1) is 18.9. The van der Waals surface area contributed by atoms with Crippen LogP contribution in [-0.2, 0) is 11.3 Å². The second-order valence-corrected chi connectivity index (χ2v) is 7.61. The molecule has 0 bridgehead atoms. The van der Waals surface area contributed by atoms with Crippen molar-refractivity contribution in [1.82, 2.24) is 10.2 Å². The molecule has 1 heterocycles. The van der Waals surface area contributed by atoms with Gasteiger partial charge in [-0.05, 0) is 49.0 Å². The minimum atomic E-state index is 0.125. The Kier molecular flexibility index (Phi) is 6.70.